The number of rotatable bonds is 6. The van der Waals surface area contributed by atoms with Crippen LogP contribution in [0.25, 0.3) is 0 Å². The Hall–Kier alpha value is -2.97. The number of likely N-dealkylation sites (tertiary alicyclic amines) is 1. The molecule has 2 fully saturated rings. The Morgan fingerprint density at radius 3 is 2.47 bits per heavy atom. The highest BCUT2D eigenvalue weighted by atomic mass is 16.2. The van der Waals surface area contributed by atoms with E-state index in [4.69, 9.17) is 0 Å². The Balaban J connectivity index is 1.52. The lowest BCUT2D eigenvalue weighted by Crippen LogP contribution is -2.48. The van der Waals surface area contributed by atoms with Crippen LogP contribution in [0.4, 0.5) is 10.6 Å². The van der Waals surface area contributed by atoms with Gasteiger partial charge in [0.15, 0.2) is 0 Å². The molecular formula is C21H29N5O4. The topological polar surface area (TPSA) is 112 Å². The maximum absolute atomic E-state index is 12.7. The third-order valence-electron chi connectivity index (χ3n) is 6.13. The molecule has 2 aliphatic heterocycles. The molecule has 30 heavy (non-hydrogen) atoms. The molecule has 3 rings (SSSR count). The molecule has 0 radical (unpaired) electrons. The van der Waals surface area contributed by atoms with Crippen molar-refractivity contribution in [2.24, 2.45) is 5.92 Å². The van der Waals surface area contributed by atoms with Gasteiger partial charge in [-0.15, -0.1) is 0 Å². The van der Waals surface area contributed by atoms with Crippen LogP contribution in [0.3, 0.4) is 0 Å². The Morgan fingerprint density at radius 2 is 1.90 bits per heavy atom. The van der Waals surface area contributed by atoms with Gasteiger partial charge in [-0.3, -0.25) is 19.3 Å². The fourth-order valence-electron chi connectivity index (χ4n) is 4.01. The van der Waals surface area contributed by atoms with Crippen molar-refractivity contribution >= 4 is 29.6 Å². The number of imide groups is 1. The zero-order chi connectivity index (χ0) is 21.9. The number of anilines is 1. The van der Waals surface area contributed by atoms with Crippen molar-refractivity contribution < 1.29 is 19.2 Å². The standard InChI is InChI=1S/C21H29N5O4/c1-4-21(5-2)19(29)26(20(30)24-21)13-17(27)25-10-7-15(8-11-25)18(28)23-16-12-14(3)6-9-22-16/h6,9,12,15H,4-5,7-8,10-11,13H2,1-3H3,(H,24,30)(H,22,23,28). The molecular weight excluding hydrogens is 386 g/mol. The molecule has 0 aliphatic carbocycles. The number of carbonyl (C=O) groups is 4. The van der Waals surface area contributed by atoms with Crippen LogP contribution in [0.1, 0.15) is 45.1 Å². The molecule has 2 saturated heterocycles. The van der Waals surface area contributed by atoms with E-state index in [1.54, 1.807) is 17.2 Å². The molecule has 0 saturated carbocycles. The summed E-state index contributed by atoms with van der Waals surface area (Å²) in [4.78, 5) is 56.9. The zero-order valence-corrected chi connectivity index (χ0v) is 17.7. The SMILES string of the molecule is CCC1(CC)NC(=O)N(CC(=O)N2CCC(C(=O)Nc3cc(C)ccn3)CC2)C1=O. The van der Waals surface area contributed by atoms with Crippen molar-refractivity contribution in [3.05, 3.63) is 23.9 Å². The van der Waals surface area contributed by atoms with Crippen LogP contribution in [0.2, 0.25) is 0 Å². The number of nitrogens with zero attached hydrogens (tertiary/aromatic N) is 3. The number of pyridine rings is 1. The molecule has 162 valence electrons. The predicted molar refractivity (Wildman–Crippen MR) is 110 cm³/mol. The molecule has 5 amide bonds. The smallest absolute Gasteiger partial charge is 0.325 e. The Morgan fingerprint density at radius 1 is 1.23 bits per heavy atom. The highest BCUT2D eigenvalue weighted by molar-refractivity contribution is 6.09. The monoisotopic (exact) mass is 415 g/mol. The fourth-order valence-corrected chi connectivity index (χ4v) is 4.01. The summed E-state index contributed by atoms with van der Waals surface area (Å²) in [7, 11) is 0. The van der Waals surface area contributed by atoms with E-state index in [1.807, 2.05) is 26.8 Å². The molecule has 0 aromatic carbocycles. The van der Waals surface area contributed by atoms with E-state index in [0.29, 0.717) is 44.6 Å². The Labute approximate surface area is 176 Å². The summed E-state index contributed by atoms with van der Waals surface area (Å²) in [5, 5.41) is 5.56. The van der Waals surface area contributed by atoms with Gasteiger partial charge in [-0.05, 0) is 50.3 Å². The number of carbonyl (C=O) groups excluding carboxylic acids is 4. The Kier molecular flexibility index (Phi) is 6.38. The third-order valence-corrected chi connectivity index (χ3v) is 6.13. The molecule has 1 aromatic rings. The molecule has 3 heterocycles. The van der Waals surface area contributed by atoms with Gasteiger partial charge in [0.2, 0.25) is 11.8 Å². The Bertz CT molecular complexity index is 844. The number of hydrogen-bond acceptors (Lipinski definition) is 5. The molecule has 0 unspecified atom stereocenters. The van der Waals surface area contributed by atoms with Crippen LogP contribution in [0, 0.1) is 12.8 Å². The van der Waals surface area contributed by atoms with Gasteiger partial charge >= 0.3 is 6.03 Å². The maximum Gasteiger partial charge on any atom is 0.325 e. The minimum absolute atomic E-state index is 0.107. The first kappa shape index (κ1) is 21.7. The van der Waals surface area contributed by atoms with E-state index < -0.39 is 11.6 Å². The van der Waals surface area contributed by atoms with Crippen molar-refractivity contribution in [2.75, 3.05) is 25.0 Å². The highest BCUT2D eigenvalue weighted by Crippen LogP contribution is 2.25. The fraction of sp³-hybridized carbons (Fsp3) is 0.571. The second-order valence-corrected chi connectivity index (χ2v) is 7.97. The van der Waals surface area contributed by atoms with Gasteiger partial charge in [-0.2, -0.15) is 0 Å². The van der Waals surface area contributed by atoms with E-state index in [1.165, 1.54) is 0 Å². The van der Waals surface area contributed by atoms with Crippen molar-refractivity contribution in [3.8, 4) is 0 Å². The van der Waals surface area contributed by atoms with Crippen molar-refractivity contribution in [1.29, 1.82) is 0 Å². The third kappa shape index (κ3) is 4.29. The van der Waals surface area contributed by atoms with Crippen LogP contribution in [0.15, 0.2) is 18.3 Å². The second-order valence-electron chi connectivity index (χ2n) is 7.97. The number of piperidine rings is 1. The molecule has 2 aliphatic rings. The predicted octanol–water partition coefficient (Wildman–Crippen LogP) is 1.68. The average Bonchev–Trinajstić information content (AvgIpc) is 2.98. The first-order chi connectivity index (χ1) is 14.3. The van der Waals surface area contributed by atoms with Crippen molar-refractivity contribution in [2.45, 2.75) is 52.0 Å². The van der Waals surface area contributed by atoms with Crippen molar-refractivity contribution in [1.82, 2.24) is 20.1 Å². The van der Waals surface area contributed by atoms with E-state index in [0.717, 1.165) is 10.5 Å². The quantitative estimate of drug-likeness (QED) is 0.687. The number of amides is 5. The molecule has 9 nitrogen and oxygen atoms in total. The number of aromatic nitrogens is 1. The summed E-state index contributed by atoms with van der Waals surface area (Å²) in [6, 6.07) is 3.15. The summed E-state index contributed by atoms with van der Waals surface area (Å²) in [5.41, 5.74) is 0.100. The lowest BCUT2D eigenvalue weighted by molar-refractivity contribution is -0.140. The average molecular weight is 415 g/mol. The van der Waals surface area contributed by atoms with E-state index in [2.05, 4.69) is 15.6 Å². The molecule has 0 bridgehead atoms. The summed E-state index contributed by atoms with van der Waals surface area (Å²) in [5.74, 6) is -0.412. The maximum atomic E-state index is 12.7. The van der Waals surface area contributed by atoms with Crippen LogP contribution >= 0.6 is 0 Å². The normalized spacial score (nSPS) is 19.0. The molecule has 1 aromatic heterocycles. The van der Waals surface area contributed by atoms with Crippen LogP contribution in [-0.2, 0) is 14.4 Å². The number of hydrogen-bond donors (Lipinski definition) is 2. The summed E-state index contributed by atoms with van der Waals surface area (Å²) in [6.07, 6.45) is 3.66. The number of aryl methyl sites for hydroxylation is 1. The lowest BCUT2D eigenvalue weighted by Gasteiger charge is -2.32. The number of nitrogens with one attached hydrogen (secondary N) is 2. The van der Waals surface area contributed by atoms with Gasteiger partial charge in [0.05, 0.1) is 0 Å². The van der Waals surface area contributed by atoms with Crippen LogP contribution in [0.5, 0.6) is 0 Å². The van der Waals surface area contributed by atoms with Crippen LogP contribution in [-0.4, -0.2) is 63.7 Å². The van der Waals surface area contributed by atoms with Crippen molar-refractivity contribution in [3.63, 3.8) is 0 Å². The van der Waals surface area contributed by atoms with Crippen LogP contribution < -0.4 is 10.6 Å². The minimum Gasteiger partial charge on any atom is -0.341 e. The summed E-state index contributed by atoms with van der Waals surface area (Å²) < 4.78 is 0. The highest BCUT2D eigenvalue weighted by Gasteiger charge is 2.49. The summed E-state index contributed by atoms with van der Waals surface area (Å²) >= 11 is 0. The lowest BCUT2D eigenvalue weighted by atomic mass is 9.93. The molecule has 0 spiro atoms. The first-order valence-corrected chi connectivity index (χ1v) is 10.4. The van der Waals surface area contributed by atoms with E-state index >= 15 is 0 Å². The number of urea groups is 1. The van der Waals surface area contributed by atoms with Gasteiger partial charge in [-0.1, -0.05) is 13.8 Å². The van der Waals surface area contributed by atoms with E-state index in [-0.39, 0.29) is 30.2 Å². The molecule has 2 N–H and O–H groups in total. The molecule has 9 heteroatoms. The largest absolute Gasteiger partial charge is 0.341 e. The van der Waals surface area contributed by atoms with Gasteiger partial charge < -0.3 is 15.5 Å². The zero-order valence-electron chi connectivity index (χ0n) is 17.7. The minimum atomic E-state index is -0.910. The van der Waals surface area contributed by atoms with Gasteiger partial charge in [-0.25, -0.2) is 9.78 Å². The first-order valence-electron chi connectivity index (χ1n) is 10.4. The molecule has 0 atom stereocenters. The summed E-state index contributed by atoms with van der Waals surface area (Å²) in [6.45, 7) is 6.17. The van der Waals surface area contributed by atoms with Gasteiger partial charge in [0, 0.05) is 25.2 Å². The van der Waals surface area contributed by atoms with E-state index in [9.17, 15) is 19.2 Å². The van der Waals surface area contributed by atoms with Gasteiger partial charge in [0.25, 0.3) is 5.91 Å². The van der Waals surface area contributed by atoms with Gasteiger partial charge in [0.1, 0.15) is 17.9 Å². The second kappa shape index (κ2) is 8.81.